The largest absolute Gasteiger partial charge is 0.482 e. The number of ketones is 1. The molecule has 0 aliphatic carbocycles. The maximum atomic E-state index is 12.3. The van der Waals surface area contributed by atoms with Crippen molar-refractivity contribution in [3.05, 3.63) is 66.3 Å². The number of hydrogen-bond acceptors (Lipinski definition) is 6. The Labute approximate surface area is 137 Å². The molecule has 0 unspecified atom stereocenters. The first-order valence-corrected chi connectivity index (χ1v) is 7.18. The third-order valence-corrected chi connectivity index (χ3v) is 3.18. The van der Waals surface area contributed by atoms with Crippen molar-refractivity contribution >= 4 is 17.8 Å². The molecule has 0 spiro atoms. The second kappa shape index (κ2) is 6.87. The van der Waals surface area contributed by atoms with Crippen molar-refractivity contribution in [1.29, 1.82) is 0 Å². The highest BCUT2D eigenvalue weighted by atomic mass is 16.6. The molecule has 2 aromatic rings. The molecule has 0 amide bonds. The Morgan fingerprint density at radius 3 is 2.92 bits per heavy atom. The quantitative estimate of drug-likeness (QED) is 0.461. The van der Waals surface area contributed by atoms with E-state index in [2.05, 4.69) is 6.58 Å². The third-order valence-electron chi connectivity index (χ3n) is 3.18. The number of carbonyl (C=O) groups is 2. The van der Waals surface area contributed by atoms with Crippen molar-refractivity contribution in [2.24, 2.45) is 0 Å². The highest BCUT2D eigenvalue weighted by Gasteiger charge is 2.28. The van der Waals surface area contributed by atoms with Gasteiger partial charge in [0.15, 0.2) is 12.4 Å². The molecule has 3 rings (SSSR count). The lowest BCUT2D eigenvalue weighted by Gasteiger charge is -2.06. The first kappa shape index (κ1) is 15.6. The summed E-state index contributed by atoms with van der Waals surface area (Å²) in [5.41, 5.74) is 0.425. The van der Waals surface area contributed by atoms with E-state index in [-0.39, 0.29) is 24.8 Å². The number of furan rings is 1. The molecular weight excluding hydrogens is 312 g/mol. The lowest BCUT2D eigenvalue weighted by molar-refractivity contribution is -0.144. The molecule has 6 nitrogen and oxygen atoms in total. The summed E-state index contributed by atoms with van der Waals surface area (Å²) in [6.07, 6.45) is 4.51. The van der Waals surface area contributed by atoms with Crippen LogP contribution >= 0.6 is 0 Å². The molecule has 0 saturated heterocycles. The van der Waals surface area contributed by atoms with Crippen LogP contribution in [0.15, 0.2) is 59.4 Å². The summed E-state index contributed by atoms with van der Waals surface area (Å²) in [6, 6.07) is 8.17. The number of Topliss-reactive ketones (excluding diaryl/α,β-unsaturated/α-hetero) is 1. The molecule has 24 heavy (non-hydrogen) atoms. The van der Waals surface area contributed by atoms with Crippen molar-refractivity contribution in [3.63, 3.8) is 0 Å². The number of esters is 1. The van der Waals surface area contributed by atoms with Gasteiger partial charge in [-0.3, -0.25) is 4.79 Å². The van der Waals surface area contributed by atoms with Gasteiger partial charge in [-0.25, -0.2) is 4.79 Å². The monoisotopic (exact) mass is 326 g/mol. The third kappa shape index (κ3) is 3.38. The van der Waals surface area contributed by atoms with Gasteiger partial charge >= 0.3 is 5.97 Å². The maximum absolute atomic E-state index is 12.3. The zero-order chi connectivity index (χ0) is 16.9. The Kier molecular flexibility index (Phi) is 4.47. The van der Waals surface area contributed by atoms with Crippen molar-refractivity contribution < 1.29 is 28.2 Å². The van der Waals surface area contributed by atoms with Gasteiger partial charge in [0.05, 0.1) is 11.8 Å². The van der Waals surface area contributed by atoms with Crippen LogP contribution in [0, 0.1) is 0 Å². The molecule has 1 aliphatic rings. The van der Waals surface area contributed by atoms with Crippen molar-refractivity contribution in [1.82, 2.24) is 0 Å². The van der Waals surface area contributed by atoms with Gasteiger partial charge < -0.3 is 18.6 Å². The number of rotatable bonds is 6. The second-order valence-corrected chi connectivity index (χ2v) is 4.87. The van der Waals surface area contributed by atoms with Crippen LogP contribution in [0.2, 0.25) is 0 Å². The van der Waals surface area contributed by atoms with E-state index in [9.17, 15) is 9.59 Å². The van der Waals surface area contributed by atoms with E-state index in [0.29, 0.717) is 22.8 Å². The van der Waals surface area contributed by atoms with Gasteiger partial charge in [-0.05, 0) is 24.3 Å². The average Bonchev–Trinajstić information content (AvgIpc) is 3.20. The standard InChI is InChI=1S/C18H14O6/c1-2-7-22-17(19)11-23-13-5-6-14-15(9-13)24-16(18(14)20)10-12-4-3-8-21-12/h2-6,8-10H,1,7,11H2/b16-10-. The number of hydrogen-bond donors (Lipinski definition) is 0. The zero-order valence-electron chi connectivity index (χ0n) is 12.7. The van der Waals surface area contributed by atoms with Crippen LogP contribution in [0.1, 0.15) is 16.1 Å². The minimum Gasteiger partial charge on any atom is -0.482 e. The minimum atomic E-state index is -0.509. The predicted molar refractivity (Wildman–Crippen MR) is 84.7 cm³/mol. The van der Waals surface area contributed by atoms with Crippen LogP contribution in [-0.2, 0) is 9.53 Å². The van der Waals surface area contributed by atoms with Crippen LogP contribution in [0.4, 0.5) is 0 Å². The van der Waals surface area contributed by atoms with E-state index >= 15 is 0 Å². The van der Waals surface area contributed by atoms with E-state index in [1.807, 2.05) is 0 Å². The van der Waals surface area contributed by atoms with Crippen LogP contribution in [0.3, 0.4) is 0 Å². The number of benzene rings is 1. The molecule has 0 saturated carbocycles. The lowest BCUT2D eigenvalue weighted by atomic mass is 10.1. The molecule has 0 N–H and O–H groups in total. The summed E-state index contributed by atoms with van der Waals surface area (Å²) in [4.78, 5) is 23.7. The molecule has 0 bridgehead atoms. The summed E-state index contributed by atoms with van der Waals surface area (Å²) in [5.74, 6) is 0.713. The van der Waals surface area contributed by atoms with Gasteiger partial charge in [-0.1, -0.05) is 12.7 Å². The molecule has 1 aliphatic heterocycles. The van der Waals surface area contributed by atoms with Crippen LogP contribution in [0.25, 0.3) is 6.08 Å². The van der Waals surface area contributed by atoms with E-state index < -0.39 is 5.97 Å². The van der Waals surface area contributed by atoms with E-state index in [0.717, 1.165) is 0 Å². The highest BCUT2D eigenvalue weighted by molar-refractivity contribution is 6.14. The van der Waals surface area contributed by atoms with Crippen LogP contribution in [0.5, 0.6) is 11.5 Å². The highest BCUT2D eigenvalue weighted by Crippen LogP contribution is 2.34. The van der Waals surface area contributed by atoms with Crippen molar-refractivity contribution in [2.75, 3.05) is 13.2 Å². The summed E-state index contributed by atoms with van der Waals surface area (Å²) in [6.45, 7) is 3.34. The van der Waals surface area contributed by atoms with Crippen molar-refractivity contribution in [3.8, 4) is 11.5 Å². The Morgan fingerprint density at radius 1 is 1.29 bits per heavy atom. The molecule has 122 valence electrons. The molecule has 6 heteroatoms. The Balaban J connectivity index is 1.69. The number of allylic oxidation sites excluding steroid dienone is 1. The lowest BCUT2D eigenvalue weighted by Crippen LogP contribution is -2.14. The first-order chi connectivity index (χ1) is 11.7. The fourth-order valence-electron chi connectivity index (χ4n) is 2.10. The maximum Gasteiger partial charge on any atom is 0.344 e. The topological polar surface area (TPSA) is 75.0 Å². The van der Waals surface area contributed by atoms with E-state index in [1.165, 1.54) is 18.4 Å². The minimum absolute atomic E-state index is 0.130. The number of carbonyl (C=O) groups excluding carboxylic acids is 2. The Hall–Kier alpha value is -3.28. The molecular formula is C18H14O6. The molecule has 0 fully saturated rings. The first-order valence-electron chi connectivity index (χ1n) is 7.18. The smallest absolute Gasteiger partial charge is 0.344 e. The predicted octanol–water partition coefficient (Wildman–Crippen LogP) is 3.00. The van der Waals surface area contributed by atoms with Crippen LogP contribution < -0.4 is 9.47 Å². The molecule has 0 radical (unpaired) electrons. The van der Waals surface area contributed by atoms with Gasteiger partial charge in [0.2, 0.25) is 5.78 Å². The van der Waals surface area contributed by atoms with Gasteiger partial charge in [0.25, 0.3) is 0 Å². The normalized spacial score (nSPS) is 14.2. The van der Waals surface area contributed by atoms with Gasteiger partial charge in [-0.2, -0.15) is 0 Å². The summed E-state index contributed by atoms with van der Waals surface area (Å²) >= 11 is 0. The number of fused-ring (bicyclic) bond motifs is 1. The molecule has 0 atom stereocenters. The van der Waals surface area contributed by atoms with Gasteiger partial charge in [-0.15, -0.1) is 0 Å². The van der Waals surface area contributed by atoms with Gasteiger partial charge in [0.1, 0.15) is 23.9 Å². The Morgan fingerprint density at radius 2 is 2.17 bits per heavy atom. The Bertz CT molecular complexity index is 801. The zero-order valence-corrected chi connectivity index (χ0v) is 12.7. The fraction of sp³-hybridized carbons (Fsp3) is 0.111. The summed E-state index contributed by atoms with van der Waals surface area (Å²) in [7, 11) is 0. The summed E-state index contributed by atoms with van der Waals surface area (Å²) < 4.78 is 20.9. The molecule has 1 aromatic heterocycles. The average molecular weight is 326 g/mol. The van der Waals surface area contributed by atoms with Crippen molar-refractivity contribution in [2.45, 2.75) is 0 Å². The van der Waals surface area contributed by atoms with E-state index in [1.54, 1.807) is 30.3 Å². The second-order valence-electron chi connectivity index (χ2n) is 4.87. The summed E-state index contributed by atoms with van der Waals surface area (Å²) in [5, 5.41) is 0. The fourth-order valence-corrected chi connectivity index (χ4v) is 2.10. The SMILES string of the molecule is C=CCOC(=O)COc1ccc2c(c1)O/C(=C\c1ccco1)C2=O. The van der Waals surface area contributed by atoms with Gasteiger partial charge in [0, 0.05) is 12.1 Å². The molecule has 2 heterocycles. The molecule has 1 aromatic carbocycles. The number of ether oxygens (including phenoxy) is 3. The van der Waals surface area contributed by atoms with E-state index in [4.69, 9.17) is 18.6 Å². The van der Waals surface area contributed by atoms with Crippen LogP contribution in [-0.4, -0.2) is 25.0 Å².